The van der Waals surface area contributed by atoms with Gasteiger partial charge in [0, 0.05) is 12.1 Å². The fraction of sp³-hybridized carbons (Fsp3) is 0.407. The Morgan fingerprint density at radius 1 is 1.17 bits per heavy atom. The molecule has 1 fully saturated rings. The summed E-state index contributed by atoms with van der Waals surface area (Å²) in [7, 11) is 5.47. The lowest BCUT2D eigenvalue weighted by atomic mass is 9.95. The molecule has 0 spiro atoms. The normalized spacial score (nSPS) is 17.5. The summed E-state index contributed by atoms with van der Waals surface area (Å²) in [5, 5.41) is 11.3. The Kier molecular flexibility index (Phi) is 8.97. The number of benzene rings is 2. The van der Waals surface area contributed by atoms with Crippen molar-refractivity contribution in [3.8, 4) is 11.5 Å². The zero-order valence-corrected chi connectivity index (χ0v) is 22.5. The number of carbonyl (C=O) groups is 2. The molecule has 1 heterocycles. The molecule has 0 radical (unpaired) electrons. The molecule has 1 aliphatic heterocycles. The predicted molar refractivity (Wildman–Crippen MR) is 140 cm³/mol. The molecule has 8 heteroatoms. The first-order chi connectivity index (χ1) is 16.6. The molecule has 1 saturated heterocycles. The van der Waals surface area contributed by atoms with Crippen LogP contribution in [0.3, 0.4) is 0 Å². The standard InChI is InChI=1S/C27H33BrN2O5/c1-17(2)16-35-20-9-6-8-18(14-20)24-23(25(31)19-10-11-22(34-5)21(28)15-19)26(32)27(33)30(24)13-7-12-29(3)4/h6,8-11,14-15,17,24,31H,7,12-13,16H2,1-5H3/b25-23+. The van der Waals surface area contributed by atoms with Crippen LogP contribution in [-0.4, -0.2) is 67.5 Å². The average molecular weight is 545 g/mol. The van der Waals surface area contributed by atoms with Gasteiger partial charge in [0.15, 0.2) is 0 Å². The van der Waals surface area contributed by atoms with Gasteiger partial charge in [-0.2, -0.15) is 0 Å². The Balaban J connectivity index is 2.09. The van der Waals surface area contributed by atoms with E-state index in [4.69, 9.17) is 9.47 Å². The van der Waals surface area contributed by atoms with E-state index >= 15 is 0 Å². The van der Waals surface area contributed by atoms with Crippen LogP contribution in [0.25, 0.3) is 5.76 Å². The molecule has 0 aromatic heterocycles. The highest BCUT2D eigenvalue weighted by molar-refractivity contribution is 9.10. The average Bonchev–Trinajstić information content (AvgIpc) is 3.07. The van der Waals surface area contributed by atoms with Gasteiger partial charge in [0.1, 0.15) is 17.3 Å². The number of ether oxygens (including phenoxy) is 2. The predicted octanol–water partition coefficient (Wildman–Crippen LogP) is 4.87. The van der Waals surface area contributed by atoms with Crippen LogP contribution in [0.5, 0.6) is 11.5 Å². The fourth-order valence-corrected chi connectivity index (χ4v) is 4.56. The van der Waals surface area contributed by atoms with Gasteiger partial charge in [0.25, 0.3) is 11.7 Å². The summed E-state index contributed by atoms with van der Waals surface area (Å²) in [6.45, 7) is 5.83. The highest BCUT2D eigenvalue weighted by Gasteiger charge is 2.46. The number of hydrogen-bond acceptors (Lipinski definition) is 6. The van der Waals surface area contributed by atoms with Crippen LogP contribution in [-0.2, 0) is 9.59 Å². The molecule has 2 aromatic rings. The van der Waals surface area contributed by atoms with E-state index in [9.17, 15) is 14.7 Å². The number of nitrogens with zero attached hydrogens (tertiary/aromatic N) is 2. The van der Waals surface area contributed by atoms with Crippen LogP contribution in [0.4, 0.5) is 0 Å². The van der Waals surface area contributed by atoms with Crippen molar-refractivity contribution >= 4 is 33.4 Å². The summed E-state index contributed by atoms with van der Waals surface area (Å²) in [6.07, 6.45) is 0.689. The number of aliphatic hydroxyl groups is 1. The lowest BCUT2D eigenvalue weighted by molar-refractivity contribution is -0.139. The highest BCUT2D eigenvalue weighted by atomic mass is 79.9. The van der Waals surface area contributed by atoms with Crippen molar-refractivity contribution in [2.75, 3.05) is 40.9 Å². The molecule has 3 rings (SSSR count). The molecule has 1 atom stereocenters. The number of methoxy groups -OCH3 is 1. The zero-order chi connectivity index (χ0) is 25.7. The minimum atomic E-state index is -0.722. The first-order valence-corrected chi connectivity index (χ1v) is 12.4. The van der Waals surface area contributed by atoms with Gasteiger partial charge in [-0.25, -0.2) is 0 Å². The summed E-state index contributed by atoms with van der Waals surface area (Å²) in [5.41, 5.74) is 1.20. The van der Waals surface area contributed by atoms with E-state index in [1.807, 2.05) is 43.3 Å². The second-order valence-corrected chi connectivity index (χ2v) is 10.1. The van der Waals surface area contributed by atoms with Gasteiger partial charge in [0.05, 0.1) is 29.8 Å². The van der Waals surface area contributed by atoms with Crippen LogP contribution in [0.15, 0.2) is 52.5 Å². The maximum Gasteiger partial charge on any atom is 0.295 e. The van der Waals surface area contributed by atoms with Crippen LogP contribution in [0.2, 0.25) is 0 Å². The third-order valence-electron chi connectivity index (χ3n) is 5.73. The van der Waals surface area contributed by atoms with E-state index in [1.54, 1.807) is 30.2 Å². The minimum absolute atomic E-state index is 0.0675. The van der Waals surface area contributed by atoms with Crippen molar-refractivity contribution in [2.45, 2.75) is 26.3 Å². The lowest BCUT2D eigenvalue weighted by Crippen LogP contribution is -2.32. The SMILES string of the molecule is COc1ccc(/C(O)=C2\C(=O)C(=O)N(CCCN(C)C)C2c2cccc(OCC(C)C)c2)cc1Br. The van der Waals surface area contributed by atoms with Gasteiger partial charge in [-0.15, -0.1) is 0 Å². The van der Waals surface area contributed by atoms with Crippen LogP contribution >= 0.6 is 15.9 Å². The molecule has 0 bridgehead atoms. The molecule has 35 heavy (non-hydrogen) atoms. The van der Waals surface area contributed by atoms with Gasteiger partial charge in [-0.3, -0.25) is 9.59 Å². The second-order valence-electron chi connectivity index (χ2n) is 9.28. The monoisotopic (exact) mass is 544 g/mol. The second kappa shape index (κ2) is 11.7. The van der Waals surface area contributed by atoms with Gasteiger partial charge in [-0.1, -0.05) is 26.0 Å². The Morgan fingerprint density at radius 2 is 1.91 bits per heavy atom. The summed E-state index contributed by atoms with van der Waals surface area (Å²) < 4.78 is 11.8. The Bertz CT molecular complexity index is 1110. The molecule has 1 aliphatic rings. The first-order valence-electron chi connectivity index (χ1n) is 11.6. The van der Waals surface area contributed by atoms with E-state index in [2.05, 4.69) is 29.8 Å². The fourth-order valence-electron chi connectivity index (χ4n) is 4.02. The molecule has 1 amide bonds. The summed E-state index contributed by atoms with van der Waals surface area (Å²) >= 11 is 3.43. The highest BCUT2D eigenvalue weighted by Crippen LogP contribution is 2.41. The van der Waals surface area contributed by atoms with E-state index in [-0.39, 0.29) is 11.3 Å². The maximum absolute atomic E-state index is 13.2. The minimum Gasteiger partial charge on any atom is -0.507 e. The molecular weight excluding hydrogens is 512 g/mol. The number of ketones is 1. The number of Topliss-reactive ketones (excluding diaryl/α,β-unsaturated/α-hetero) is 1. The van der Waals surface area contributed by atoms with Crippen molar-refractivity contribution in [2.24, 2.45) is 5.92 Å². The van der Waals surface area contributed by atoms with Gasteiger partial charge in [0.2, 0.25) is 0 Å². The number of halogens is 1. The smallest absolute Gasteiger partial charge is 0.295 e. The van der Waals surface area contributed by atoms with Crippen molar-refractivity contribution in [1.82, 2.24) is 9.80 Å². The van der Waals surface area contributed by atoms with Crippen molar-refractivity contribution in [3.05, 3.63) is 63.6 Å². The van der Waals surface area contributed by atoms with E-state index in [1.165, 1.54) is 0 Å². The maximum atomic E-state index is 13.2. The van der Waals surface area contributed by atoms with Crippen LogP contribution < -0.4 is 9.47 Å². The van der Waals surface area contributed by atoms with Crippen LogP contribution in [0, 0.1) is 5.92 Å². The third-order valence-corrected chi connectivity index (χ3v) is 6.35. The van der Waals surface area contributed by atoms with Crippen molar-refractivity contribution in [3.63, 3.8) is 0 Å². The van der Waals surface area contributed by atoms with E-state index in [0.29, 0.717) is 52.6 Å². The van der Waals surface area contributed by atoms with Crippen molar-refractivity contribution in [1.29, 1.82) is 0 Å². The van der Waals surface area contributed by atoms with Crippen LogP contribution in [0.1, 0.15) is 37.4 Å². The number of hydrogen-bond donors (Lipinski definition) is 1. The molecule has 1 unspecified atom stereocenters. The summed E-state index contributed by atoms with van der Waals surface area (Å²) in [4.78, 5) is 29.9. The topological polar surface area (TPSA) is 79.3 Å². The third kappa shape index (κ3) is 6.24. The Labute approximate surface area is 215 Å². The zero-order valence-electron chi connectivity index (χ0n) is 20.9. The number of carbonyl (C=O) groups excluding carboxylic acids is 2. The number of aliphatic hydroxyl groups excluding tert-OH is 1. The first kappa shape index (κ1) is 26.8. The van der Waals surface area contributed by atoms with E-state index < -0.39 is 17.7 Å². The molecule has 0 aliphatic carbocycles. The molecular formula is C27H33BrN2O5. The molecule has 188 valence electrons. The van der Waals surface area contributed by atoms with Gasteiger partial charge >= 0.3 is 0 Å². The number of likely N-dealkylation sites (tertiary alicyclic amines) is 1. The lowest BCUT2D eigenvalue weighted by Gasteiger charge is -2.26. The Hall–Kier alpha value is -2.84. The summed E-state index contributed by atoms with van der Waals surface area (Å²) in [6, 6.07) is 11.7. The molecule has 2 aromatic carbocycles. The Morgan fingerprint density at radius 3 is 2.54 bits per heavy atom. The molecule has 1 N–H and O–H groups in total. The molecule has 0 saturated carbocycles. The summed E-state index contributed by atoms with van der Waals surface area (Å²) in [5.74, 6) is 0.0675. The quantitative estimate of drug-likeness (QED) is 0.261. The number of amides is 1. The molecule has 7 nitrogen and oxygen atoms in total. The van der Waals surface area contributed by atoms with Crippen molar-refractivity contribution < 1.29 is 24.2 Å². The van der Waals surface area contributed by atoms with Gasteiger partial charge < -0.3 is 24.4 Å². The number of rotatable bonds is 10. The largest absolute Gasteiger partial charge is 0.507 e. The van der Waals surface area contributed by atoms with Gasteiger partial charge in [-0.05, 0) is 84.8 Å². The van der Waals surface area contributed by atoms with E-state index in [0.717, 1.165) is 6.54 Å².